The predicted molar refractivity (Wildman–Crippen MR) is 69.3 cm³/mol. The van der Waals surface area contributed by atoms with Crippen LogP contribution in [0.5, 0.6) is 0 Å². The molecular weight excluding hydrogens is 215 g/mol. The summed E-state index contributed by atoms with van der Waals surface area (Å²) in [7, 11) is 0. The van der Waals surface area contributed by atoms with Crippen LogP contribution >= 0.6 is 0 Å². The van der Waals surface area contributed by atoms with E-state index in [1.807, 2.05) is 13.0 Å². The summed E-state index contributed by atoms with van der Waals surface area (Å²) >= 11 is 0. The highest BCUT2D eigenvalue weighted by atomic mass is 19.1. The number of halogens is 1. The van der Waals surface area contributed by atoms with Gasteiger partial charge in [-0.05, 0) is 42.9 Å². The summed E-state index contributed by atoms with van der Waals surface area (Å²) in [6.07, 6.45) is 3.38. The molecular formula is C15H23FO. The third kappa shape index (κ3) is 4.12. The van der Waals surface area contributed by atoms with Crippen molar-refractivity contribution in [2.75, 3.05) is 0 Å². The van der Waals surface area contributed by atoms with Crippen LogP contribution in [-0.2, 0) is 5.60 Å². The minimum atomic E-state index is -0.878. The summed E-state index contributed by atoms with van der Waals surface area (Å²) in [4.78, 5) is 0. The van der Waals surface area contributed by atoms with Crippen molar-refractivity contribution in [3.05, 3.63) is 35.6 Å². The van der Waals surface area contributed by atoms with Gasteiger partial charge < -0.3 is 5.11 Å². The summed E-state index contributed by atoms with van der Waals surface area (Å²) in [5.41, 5.74) is -0.180. The van der Waals surface area contributed by atoms with Crippen LogP contribution in [0.25, 0.3) is 0 Å². The zero-order chi connectivity index (χ0) is 12.9. The zero-order valence-corrected chi connectivity index (χ0v) is 11.0. The molecule has 0 aliphatic heterocycles. The second-order valence-corrected chi connectivity index (χ2v) is 5.18. The molecule has 0 amide bonds. The van der Waals surface area contributed by atoms with Gasteiger partial charge in [0.2, 0.25) is 0 Å². The summed E-state index contributed by atoms with van der Waals surface area (Å²) in [6.45, 7) is 6.29. The van der Waals surface area contributed by atoms with E-state index in [2.05, 4.69) is 13.8 Å². The molecule has 0 saturated heterocycles. The number of hydrogen-bond acceptors (Lipinski definition) is 1. The average Bonchev–Trinajstić information content (AvgIpc) is 2.28. The Labute approximate surface area is 104 Å². The Kier molecular flexibility index (Phi) is 5.13. The topological polar surface area (TPSA) is 20.2 Å². The lowest BCUT2D eigenvalue weighted by molar-refractivity contribution is 0.0198. The molecule has 17 heavy (non-hydrogen) atoms. The fourth-order valence-electron chi connectivity index (χ4n) is 2.11. The first kappa shape index (κ1) is 14.2. The Morgan fingerprint density at radius 3 is 2.59 bits per heavy atom. The van der Waals surface area contributed by atoms with Gasteiger partial charge in [-0.1, -0.05) is 39.3 Å². The van der Waals surface area contributed by atoms with Crippen LogP contribution < -0.4 is 0 Å². The van der Waals surface area contributed by atoms with Gasteiger partial charge in [0.25, 0.3) is 0 Å². The highest BCUT2D eigenvalue weighted by Gasteiger charge is 2.26. The zero-order valence-electron chi connectivity index (χ0n) is 11.0. The third-order valence-electron chi connectivity index (χ3n) is 3.32. The van der Waals surface area contributed by atoms with E-state index in [1.165, 1.54) is 12.1 Å². The van der Waals surface area contributed by atoms with Crippen molar-refractivity contribution in [1.82, 2.24) is 0 Å². The predicted octanol–water partition coefficient (Wildman–Crippen LogP) is 4.25. The molecule has 1 unspecified atom stereocenters. The summed E-state index contributed by atoms with van der Waals surface area (Å²) in [5.74, 6) is 0.363. The molecule has 1 rings (SSSR count). The maximum atomic E-state index is 13.2. The SMILES string of the molecule is CCC(O)(CCCC(C)C)c1cccc(F)c1. The Balaban J connectivity index is 2.73. The van der Waals surface area contributed by atoms with Crippen LogP contribution in [0.3, 0.4) is 0 Å². The molecule has 0 aliphatic carbocycles. The van der Waals surface area contributed by atoms with Crippen molar-refractivity contribution in [2.45, 2.75) is 52.1 Å². The smallest absolute Gasteiger partial charge is 0.123 e. The number of aliphatic hydroxyl groups is 1. The molecule has 0 saturated carbocycles. The maximum absolute atomic E-state index is 13.2. The highest BCUT2D eigenvalue weighted by Crippen LogP contribution is 2.31. The van der Waals surface area contributed by atoms with Crippen LogP contribution in [0.15, 0.2) is 24.3 Å². The minimum absolute atomic E-state index is 0.279. The fourth-order valence-corrected chi connectivity index (χ4v) is 2.11. The van der Waals surface area contributed by atoms with Crippen LogP contribution in [0.4, 0.5) is 4.39 Å². The van der Waals surface area contributed by atoms with Gasteiger partial charge in [0.05, 0.1) is 5.60 Å². The lowest BCUT2D eigenvalue weighted by atomic mass is 9.85. The van der Waals surface area contributed by atoms with E-state index in [-0.39, 0.29) is 5.82 Å². The molecule has 1 aromatic carbocycles. The van der Waals surface area contributed by atoms with Gasteiger partial charge in [0.15, 0.2) is 0 Å². The van der Waals surface area contributed by atoms with Gasteiger partial charge in [0.1, 0.15) is 5.82 Å². The molecule has 1 nitrogen and oxygen atoms in total. The molecule has 0 aromatic heterocycles. The van der Waals surface area contributed by atoms with E-state index < -0.39 is 5.60 Å². The number of hydrogen-bond donors (Lipinski definition) is 1. The summed E-state index contributed by atoms with van der Waals surface area (Å²) in [6, 6.07) is 6.32. The average molecular weight is 238 g/mol. The van der Waals surface area contributed by atoms with Gasteiger partial charge in [0, 0.05) is 0 Å². The molecule has 2 heteroatoms. The lowest BCUT2D eigenvalue weighted by Crippen LogP contribution is -2.24. The molecule has 1 N–H and O–H groups in total. The first-order valence-corrected chi connectivity index (χ1v) is 6.46. The van der Waals surface area contributed by atoms with E-state index in [9.17, 15) is 9.50 Å². The van der Waals surface area contributed by atoms with E-state index in [0.29, 0.717) is 24.3 Å². The first-order valence-electron chi connectivity index (χ1n) is 6.46. The third-order valence-corrected chi connectivity index (χ3v) is 3.32. The standard InChI is InChI=1S/C15H23FO/c1-4-15(17,10-6-7-12(2)3)13-8-5-9-14(16)11-13/h5,8-9,11-12,17H,4,6-7,10H2,1-3H3. The van der Waals surface area contributed by atoms with Crippen molar-refractivity contribution in [1.29, 1.82) is 0 Å². The van der Waals surface area contributed by atoms with Gasteiger partial charge in [-0.2, -0.15) is 0 Å². The second-order valence-electron chi connectivity index (χ2n) is 5.18. The maximum Gasteiger partial charge on any atom is 0.123 e. The number of benzene rings is 1. The van der Waals surface area contributed by atoms with Crippen LogP contribution in [0.2, 0.25) is 0 Å². The molecule has 1 atom stereocenters. The molecule has 0 heterocycles. The van der Waals surface area contributed by atoms with Crippen molar-refractivity contribution < 1.29 is 9.50 Å². The molecule has 1 aromatic rings. The Morgan fingerprint density at radius 1 is 1.35 bits per heavy atom. The van der Waals surface area contributed by atoms with Crippen molar-refractivity contribution in [3.8, 4) is 0 Å². The van der Waals surface area contributed by atoms with E-state index in [4.69, 9.17) is 0 Å². The fraction of sp³-hybridized carbons (Fsp3) is 0.600. The van der Waals surface area contributed by atoms with Gasteiger partial charge >= 0.3 is 0 Å². The molecule has 0 bridgehead atoms. The van der Waals surface area contributed by atoms with E-state index in [1.54, 1.807) is 6.07 Å². The van der Waals surface area contributed by atoms with Crippen molar-refractivity contribution >= 4 is 0 Å². The Bertz CT molecular complexity index is 349. The number of rotatable bonds is 6. The normalized spacial score (nSPS) is 14.9. The van der Waals surface area contributed by atoms with Gasteiger partial charge in [-0.3, -0.25) is 0 Å². The van der Waals surface area contributed by atoms with E-state index >= 15 is 0 Å². The highest BCUT2D eigenvalue weighted by molar-refractivity contribution is 5.23. The lowest BCUT2D eigenvalue weighted by Gasteiger charge is -2.27. The summed E-state index contributed by atoms with van der Waals surface area (Å²) < 4.78 is 13.2. The van der Waals surface area contributed by atoms with Gasteiger partial charge in [-0.25, -0.2) is 4.39 Å². The largest absolute Gasteiger partial charge is 0.385 e. The minimum Gasteiger partial charge on any atom is -0.385 e. The molecule has 0 radical (unpaired) electrons. The van der Waals surface area contributed by atoms with Crippen LogP contribution in [-0.4, -0.2) is 5.11 Å². The molecule has 0 aliphatic rings. The summed E-state index contributed by atoms with van der Waals surface area (Å²) in [5, 5.41) is 10.6. The molecule has 0 fully saturated rings. The van der Waals surface area contributed by atoms with Crippen LogP contribution in [0, 0.1) is 11.7 Å². The first-order chi connectivity index (χ1) is 7.98. The van der Waals surface area contributed by atoms with Crippen molar-refractivity contribution in [3.63, 3.8) is 0 Å². The Hall–Kier alpha value is -0.890. The quantitative estimate of drug-likeness (QED) is 0.785. The second kappa shape index (κ2) is 6.15. The van der Waals surface area contributed by atoms with Gasteiger partial charge in [-0.15, -0.1) is 0 Å². The molecule has 96 valence electrons. The van der Waals surface area contributed by atoms with E-state index in [0.717, 1.165) is 12.8 Å². The molecule has 0 spiro atoms. The van der Waals surface area contributed by atoms with Crippen molar-refractivity contribution in [2.24, 2.45) is 5.92 Å². The van der Waals surface area contributed by atoms with Crippen LogP contribution in [0.1, 0.15) is 52.0 Å². The monoisotopic (exact) mass is 238 g/mol. The Morgan fingerprint density at radius 2 is 2.06 bits per heavy atom.